The van der Waals surface area contributed by atoms with E-state index in [1.807, 2.05) is 69.0 Å². The van der Waals surface area contributed by atoms with Crippen molar-refractivity contribution in [1.29, 1.82) is 0 Å². The summed E-state index contributed by atoms with van der Waals surface area (Å²) in [6.07, 6.45) is 0.858. The largest absolute Gasteiger partial charge is 0.490 e. The zero-order valence-electron chi connectivity index (χ0n) is 22.2. The van der Waals surface area contributed by atoms with E-state index in [9.17, 15) is 9.59 Å². The van der Waals surface area contributed by atoms with Crippen LogP contribution >= 0.6 is 0 Å². The van der Waals surface area contributed by atoms with Gasteiger partial charge in [-0.1, -0.05) is 18.2 Å². The lowest BCUT2D eigenvalue weighted by atomic mass is 9.75. The molecule has 2 atom stereocenters. The van der Waals surface area contributed by atoms with Crippen LogP contribution in [0, 0.1) is 0 Å². The van der Waals surface area contributed by atoms with Crippen LogP contribution in [0.3, 0.4) is 0 Å². The highest BCUT2D eigenvalue weighted by molar-refractivity contribution is 6.01. The van der Waals surface area contributed by atoms with Gasteiger partial charge in [0.2, 0.25) is 5.91 Å². The Labute approximate surface area is 219 Å². The Morgan fingerprint density at radius 1 is 0.973 bits per heavy atom. The highest BCUT2D eigenvalue weighted by atomic mass is 16.7. The second-order valence-corrected chi connectivity index (χ2v) is 9.04. The van der Waals surface area contributed by atoms with Crippen molar-refractivity contribution in [3.63, 3.8) is 0 Å². The third-order valence-corrected chi connectivity index (χ3v) is 6.85. The minimum absolute atomic E-state index is 0.0464. The van der Waals surface area contributed by atoms with E-state index >= 15 is 0 Å². The van der Waals surface area contributed by atoms with Crippen LogP contribution in [0.2, 0.25) is 0 Å². The van der Waals surface area contributed by atoms with Crippen molar-refractivity contribution in [2.24, 2.45) is 0 Å². The zero-order valence-corrected chi connectivity index (χ0v) is 22.2. The summed E-state index contributed by atoms with van der Waals surface area (Å²) in [4.78, 5) is 29.2. The summed E-state index contributed by atoms with van der Waals surface area (Å²) in [7, 11) is 0. The first-order chi connectivity index (χ1) is 18.0. The molecule has 2 aliphatic rings. The van der Waals surface area contributed by atoms with Crippen LogP contribution in [-0.2, 0) is 20.7 Å². The fourth-order valence-electron chi connectivity index (χ4n) is 5.36. The molecule has 0 aromatic heterocycles. The molecule has 200 valence electrons. The van der Waals surface area contributed by atoms with Crippen LogP contribution in [0.5, 0.6) is 11.5 Å². The fraction of sp³-hybridized carbons (Fsp3) is 0.517. The molecule has 2 aromatic carbocycles. The standard InChI is InChI=1S/C29H38N2O6/c1-5-34-23-17-19-14-16-31-27(22(19)18-24(23)35-6-2)26(20-11-9-10-12-21(20)29(31)33)28(32)30-15-13-25(36-7-3)37-8-4/h9-12,17-18,25-27H,5-8,13-16H2,1-4H3,(H,30,32). The lowest BCUT2D eigenvalue weighted by molar-refractivity contribution is -0.140. The molecule has 0 saturated carbocycles. The van der Waals surface area contributed by atoms with E-state index in [0.717, 1.165) is 16.7 Å². The van der Waals surface area contributed by atoms with E-state index < -0.39 is 12.0 Å². The molecule has 8 heteroatoms. The minimum Gasteiger partial charge on any atom is -0.490 e. The number of hydrogen-bond donors (Lipinski definition) is 1. The van der Waals surface area contributed by atoms with Gasteiger partial charge in [0.25, 0.3) is 5.91 Å². The normalized spacial score (nSPS) is 18.2. The number of fused-ring (bicyclic) bond motifs is 4. The van der Waals surface area contributed by atoms with Crippen molar-refractivity contribution >= 4 is 11.8 Å². The van der Waals surface area contributed by atoms with Gasteiger partial charge in [0.05, 0.1) is 25.2 Å². The summed E-state index contributed by atoms with van der Waals surface area (Å²) >= 11 is 0. The number of benzene rings is 2. The molecule has 0 saturated heterocycles. The first-order valence-corrected chi connectivity index (χ1v) is 13.4. The summed E-state index contributed by atoms with van der Waals surface area (Å²) in [6.45, 7) is 10.7. The van der Waals surface area contributed by atoms with Gasteiger partial charge in [0.15, 0.2) is 17.8 Å². The molecule has 1 N–H and O–H groups in total. The van der Waals surface area contributed by atoms with E-state index in [1.54, 1.807) is 0 Å². The number of hydrogen-bond acceptors (Lipinski definition) is 6. The quantitative estimate of drug-likeness (QED) is 0.430. The number of nitrogens with zero attached hydrogens (tertiary/aromatic N) is 1. The highest BCUT2D eigenvalue weighted by Crippen LogP contribution is 2.48. The van der Waals surface area contributed by atoms with Gasteiger partial charge in [-0.15, -0.1) is 0 Å². The van der Waals surface area contributed by atoms with E-state index in [-0.39, 0.29) is 18.1 Å². The molecule has 2 aromatic rings. The molecular formula is C29H38N2O6. The van der Waals surface area contributed by atoms with Crippen molar-refractivity contribution in [3.05, 3.63) is 58.7 Å². The van der Waals surface area contributed by atoms with Gasteiger partial charge < -0.3 is 29.2 Å². The molecule has 0 radical (unpaired) electrons. The lowest BCUT2D eigenvalue weighted by Crippen LogP contribution is -2.50. The van der Waals surface area contributed by atoms with E-state index in [2.05, 4.69) is 5.32 Å². The van der Waals surface area contributed by atoms with Crippen LogP contribution in [0.25, 0.3) is 0 Å². The van der Waals surface area contributed by atoms with E-state index in [1.165, 1.54) is 0 Å². The summed E-state index contributed by atoms with van der Waals surface area (Å²) < 4.78 is 23.0. The molecule has 2 aliphatic heterocycles. The Bertz CT molecular complexity index is 1100. The topological polar surface area (TPSA) is 86.3 Å². The molecule has 2 heterocycles. The van der Waals surface area contributed by atoms with Crippen molar-refractivity contribution < 1.29 is 28.5 Å². The molecular weight excluding hydrogens is 472 g/mol. The molecule has 4 rings (SSSR count). The molecule has 0 aliphatic carbocycles. The zero-order chi connectivity index (χ0) is 26.4. The van der Waals surface area contributed by atoms with Crippen molar-refractivity contribution in [2.45, 2.75) is 58.8 Å². The van der Waals surface area contributed by atoms with E-state index in [4.69, 9.17) is 18.9 Å². The second-order valence-electron chi connectivity index (χ2n) is 9.04. The summed E-state index contributed by atoms with van der Waals surface area (Å²) in [5, 5.41) is 3.10. The maximum absolute atomic E-state index is 13.8. The predicted molar refractivity (Wildman–Crippen MR) is 140 cm³/mol. The number of ether oxygens (including phenoxy) is 4. The number of rotatable bonds is 12. The first-order valence-electron chi connectivity index (χ1n) is 13.4. The summed E-state index contributed by atoms with van der Waals surface area (Å²) in [6, 6.07) is 11.0. The molecule has 2 unspecified atom stereocenters. The molecule has 0 spiro atoms. The summed E-state index contributed by atoms with van der Waals surface area (Å²) in [5.41, 5.74) is 3.34. The number of carbonyl (C=O) groups is 2. The van der Waals surface area contributed by atoms with Crippen molar-refractivity contribution in [1.82, 2.24) is 10.2 Å². The van der Waals surface area contributed by atoms with Crippen molar-refractivity contribution in [3.8, 4) is 11.5 Å². The highest BCUT2D eigenvalue weighted by Gasteiger charge is 2.46. The molecule has 2 amide bonds. The van der Waals surface area contributed by atoms with Gasteiger partial charge in [-0.05, 0) is 69.0 Å². The average molecular weight is 511 g/mol. The van der Waals surface area contributed by atoms with Gasteiger partial charge in [-0.3, -0.25) is 9.59 Å². The number of carbonyl (C=O) groups excluding carboxylic acids is 2. The average Bonchev–Trinajstić information content (AvgIpc) is 2.90. The molecule has 37 heavy (non-hydrogen) atoms. The Balaban J connectivity index is 1.70. The third-order valence-electron chi connectivity index (χ3n) is 6.85. The van der Waals surface area contributed by atoms with Gasteiger partial charge in [0, 0.05) is 38.3 Å². The maximum Gasteiger partial charge on any atom is 0.254 e. The Morgan fingerprint density at radius 3 is 2.32 bits per heavy atom. The van der Waals surface area contributed by atoms with Crippen LogP contribution in [0.1, 0.15) is 73.1 Å². The molecule has 0 fully saturated rings. The monoisotopic (exact) mass is 510 g/mol. The Morgan fingerprint density at radius 2 is 1.65 bits per heavy atom. The van der Waals surface area contributed by atoms with Crippen molar-refractivity contribution in [2.75, 3.05) is 39.5 Å². The fourth-order valence-corrected chi connectivity index (χ4v) is 5.36. The smallest absolute Gasteiger partial charge is 0.254 e. The van der Waals surface area contributed by atoms with E-state index in [0.29, 0.717) is 69.4 Å². The first kappa shape index (κ1) is 26.9. The third kappa shape index (κ3) is 5.60. The van der Waals surface area contributed by atoms with Crippen LogP contribution in [-0.4, -0.2) is 62.5 Å². The number of amides is 2. The summed E-state index contributed by atoms with van der Waals surface area (Å²) in [5.74, 6) is 0.596. The van der Waals surface area contributed by atoms with Gasteiger partial charge in [0.1, 0.15) is 0 Å². The van der Waals surface area contributed by atoms with Crippen LogP contribution in [0.4, 0.5) is 0 Å². The maximum atomic E-state index is 13.8. The second kappa shape index (κ2) is 12.4. The predicted octanol–water partition coefficient (Wildman–Crippen LogP) is 4.23. The SMILES string of the molecule is CCOc1cc2c(cc1OCC)C1C(C(=O)NCCC(OCC)OCC)c3ccccc3C(=O)N1CC2. The van der Waals surface area contributed by atoms with Gasteiger partial charge in [-0.25, -0.2) is 0 Å². The molecule has 0 bridgehead atoms. The minimum atomic E-state index is -0.557. The Kier molecular flexibility index (Phi) is 9.05. The molecule has 8 nitrogen and oxygen atoms in total. The Hall–Kier alpha value is -3.10. The van der Waals surface area contributed by atoms with Gasteiger partial charge >= 0.3 is 0 Å². The van der Waals surface area contributed by atoms with Crippen LogP contribution in [0.15, 0.2) is 36.4 Å². The van der Waals surface area contributed by atoms with Gasteiger partial charge in [-0.2, -0.15) is 0 Å². The number of nitrogens with one attached hydrogen (secondary N) is 1. The van der Waals surface area contributed by atoms with Crippen LogP contribution < -0.4 is 14.8 Å². The lowest BCUT2D eigenvalue weighted by Gasteiger charge is -2.45.